The summed E-state index contributed by atoms with van der Waals surface area (Å²) in [6.07, 6.45) is 11.8. The first kappa shape index (κ1) is 51.2. The Labute approximate surface area is 409 Å². The second-order valence-corrected chi connectivity index (χ2v) is 19.1. The van der Waals surface area contributed by atoms with Gasteiger partial charge in [0.05, 0.1) is 51.3 Å². The fourth-order valence-electron chi connectivity index (χ4n) is 9.14. The molecule has 0 spiro atoms. The van der Waals surface area contributed by atoms with Crippen LogP contribution in [0.15, 0.2) is 84.9 Å². The quantitative estimate of drug-likeness (QED) is 0.0591. The SMILES string of the molecule is CCCCCCCCOC(=O)[C@H]1[C@@H](c2ccc(C)cc2)N2[C@@H](C(=O)OCCCCCCCC)[C@@H](C(=O)Nc3ccc(Cl)c(Cl)c3)[C@@H](c3ccc(C)cc3)N2[C@H]1C(=O)Nc1ccc(Cl)c(Cl)c1. The molecule has 2 fully saturated rings. The molecule has 0 aliphatic carbocycles. The zero-order valence-corrected chi connectivity index (χ0v) is 41.3. The van der Waals surface area contributed by atoms with Crippen LogP contribution in [-0.2, 0) is 28.7 Å². The van der Waals surface area contributed by atoms with E-state index in [-0.39, 0.29) is 23.3 Å². The smallest absolute Gasteiger partial charge is 0.325 e. The highest BCUT2D eigenvalue weighted by Gasteiger charge is 2.68. The molecule has 2 saturated heterocycles. The molecule has 2 aliphatic heterocycles. The first-order chi connectivity index (χ1) is 31.8. The molecule has 2 aliphatic rings. The molecule has 354 valence electrons. The minimum atomic E-state index is -1.32. The molecule has 0 unspecified atom stereocenters. The minimum absolute atomic E-state index is 0.131. The van der Waals surface area contributed by atoms with E-state index in [0.717, 1.165) is 75.3 Å². The Balaban J connectivity index is 1.52. The highest BCUT2D eigenvalue weighted by molar-refractivity contribution is 6.42. The number of hydrogen-bond donors (Lipinski definition) is 2. The van der Waals surface area contributed by atoms with E-state index in [1.165, 1.54) is 6.07 Å². The standard InChI is InChI=1S/C52H62Cl4N4O6/c1-5-7-9-11-13-15-29-65-51(63)44-46(36-23-19-34(4)20-24-36)60-48(52(64)66-30-16-14-12-10-8-6-2)43(49(61)57-37-25-27-39(53)41(55)31-37)45(35-21-17-33(3)18-22-35)59(60)47(44)50(62)58-38-26-28-40(54)42(56)32-38/h17-28,31-32,43-48H,5-16,29-30H2,1-4H3,(H,57,61)(H,58,62)/t43-,44-,45+,46+,47+,48+/m0/s1. The van der Waals surface area contributed by atoms with Crippen LogP contribution >= 0.6 is 46.4 Å². The van der Waals surface area contributed by atoms with Crippen LogP contribution in [0.5, 0.6) is 0 Å². The number of amides is 2. The van der Waals surface area contributed by atoms with Crippen molar-refractivity contribution in [1.82, 2.24) is 10.0 Å². The molecule has 6 atom stereocenters. The highest BCUT2D eigenvalue weighted by atomic mass is 35.5. The lowest BCUT2D eigenvalue weighted by Gasteiger charge is -2.33. The van der Waals surface area contributed by atoms with Crippen LogP contribution in [0.3, 0.4) is 0 Å². The molecule has 0 radical (unpaired) electrons. The molecule has 0 aromatic heterocycles. The Bertz CT molecular complexity index is 2280. The Morgan fingerprint density at radius 3 is 1.36 bits per heavy atom. The normalized spacial score (nSPS) is 20.5. The van der Waals surface area contributed by atoms with Gasteiger partial charge in [-0.3, -0.25) is 19.2 Å². The maximum absolute atomic E-state index is 15.3. The molecular weight excluding hydrogens is 918 g/mol. The van der Waals surface area contributed by atoms with Gasteiger partial charge in [-0.05, 0) is 74.2 Å². The Kier molecular flexibility index (Phi) is 19.2. The van der Waals surface area contributed by atoms with Crippen molar-refractivity contribution in [2.45, 2.75) is 129 Å². The molecular formula is C52H62Cl4N4O6. The number of unbranched alkanes of at least 4 members (excludes halogenated alkanes) is 10. The number of anilines is 2. The van der Waals surface area contributed by atoms with Gasteiger partial charge in [-0.2, -0.15) is 0 Å². The van der Waals surface area contributed by atoms with Gasteiger partial charge in [-0.15, -0.1) is 0 Å². The molecule has 2 heterocycles. The predicted molar refractivity (Wildman–Crippen MR) is 265 cm³/mol. The summed E-state index contributed by atoms with van der Waals surface area (Å²) >= 11 is 25.5. The molecule has 2 N–H and O–H groups in total. The molecule has 0 saturated carbocycles. The maximum atomic E-state index is 15.3. The Hall–Kier alpha value is -4.16. The van der Waals surface area contributed by atoms with E-state index in [9.17, 15) is 0 Å². The number of ether oxygens (including phenoxy) is 2. The average molecular weight is 981 g/mol. The van der Waals surface area contributed by atoms with Gasteiger partial charge in [-0.25, -0.2) is 10.0 Å². The predicted octanol–water partition coefficient (Wildman–Crippen LogP) is 13.3. The lowest BCUT2D eigenvalue weighted by molar-refractivity contribution is -0.158. The van der Waals surface area contributed by atoms with E-state index in [4.69, 9.17) is 55.9 Å². The molecule has 66 heavy (non-hydrogen) atoms. The second kappa shape index (κ2) is 24.7. The third-order valence-electron chi connectivity index (χ3n) is 12.5. The van der Waals surface area contributed by atoms with Crippen LogP contribution in [-0.4, -0.2) is 59.1 Å². The van der Waals surface area contributed by atoms with Crippen molar-refractivity contribution < 1.29 is 28.7 Å². The van der Waals surface area contributed by atoms with Gasteiger partial charge in [0, 0.05) is 11.4 Å². The summed E-state index contributed by atoms with van der Waals surface area (Å²) in [5, 5.41) is 10.6. The first-order valence-electron chi connectivity index (χ1n) is 23.4. The number of halogens is 4. The number of esters is 2. The second-order valence-electron chi connectivity index (χ2n) is 17.5. The van der Waals surface area contributed by atoms with Crippen molar-refractivity contribution >= 4 is 81.5 Å². The van der Waals surface area contributed by atoms with Gasteiger partial charge in [0.1, 0.15) is 18.0 Å². The number of benzene rings is 4. The number of aryl methyl sites for hydroxylation is 2. The largest absolute Gasteiger partial charge is 0.465 e. The summed E-state index contributed by atoms with van der Waals surface area (Å²) in [5.74, 6) is -4.72. The number of nitrogens with zero attached hydrogens (tertiary/aromatic N) is 2. The van der Waals surface area contributed by atoms with Crippen LogP contribution in [0, 0.1) is 25.7 Å². The minimum Gasteiger partial charge on any atom is -0.465 e. The van der Waals surface area contributed by atoms with Crippen LogP contribution < -0.4 is 10.6 Å². The number of fused-ring (bicyclic) bond motifs is 1. The van der Waals surface area contributed by atoms with Gasteiger partial charge in [0.2, 0.25) is 11.8 Å². The van der Waals surface area contributed by atoms with Crippen LogP contribution in [0.25, 0.3) is 0 Å². The van der Waals surface area contributed by atoms with Crippen molar-refractivity contribution in [3.05, 3.63) is 127 Å². The average Bonchev–Trinajstić information content (AvgIpc) is 3.82. The number of rotatable bonds is 22. The number of carbonyl (C=O) groups excluding carboxylic acids is 4. The number of hydrogen-bond acceptors (Lipinski definition) is 8. The molecule has 14 heteroatoms. The zero-order valence-electron chi connectivity index (χ0n) is 38.3. The lowest BCUT2D eigenvalue weighted by Crippen LogP contribution is -2.48. The summed E-state index contributed by atoms with van der Waals surface area (Å²) in [6, 6.07) is 20.2. The zero-order chi connectivity index (χ0) is 47.3. The van der Waals surface area contributed by atoms with Gasteiger partial charge >= 0.3 is 11.9 Å². The van der Waals surface area contributed by atoms with Crippen LogP contribution in [0.4, 0.5) is 11.4 Å². The van der Waals surface area contributed by atoms with Crippen LogP contribution in [0.1, 0.15) is 125 Å². The first-order valence-corrected chi connectivity index (χ1v) is 24.9. The fourth-order valence-corrected chi connectivity index (χ4v) is 9.73. The lowest BCUT2D eigenvalue weighted by atomic mass is 9.81. The molecule has 4 aromatic rings. The summed E-state index contributed by atoms with van der Waals surface area (Å²) < 4.78 is 12.3. The third-order valence-corrected chi connectivity index (χ3v) is 14.0. The van der Waals surface area contributed by atoms with Crippen molar-refractivity contribution in [1.29, 1.82) is 0 Å². The monoisotopic (exact) mass is 978 g/mol. The third kappa shape index (κ3) is 12.7. The number of nitrogens with one attached hydrogen (secondary N) is 2. The van der Waals surface area contributed by atoms with Gasteiger partial charge < -0.3 is 20.1 Å². The summed E-state index contributed by atoms with van der Waals surface area (Å²) in [7, 11) is 0. The van der Waals surface area contributed by atoms with Gasteiger partial charge in [-0.1, -0.05) is 184 Å². The van der Waals surface area contributed by atoms with Gasteiger partial charge in [0.25, 0.3) is 0 Å². The highest BCUT2D eigenvalue weighted by Crippen LogP contribution is 2.56. The van der Waals surface area contributed by atoms with Crippen molar-refractivity contribution in [2.24, 2.45) is 11.8 Å². The summed E-state index contributed by atoms with van der Waals surface area (Å²) in [5.41, 5.74) is 3.93. The van der Waals surface area contributed by atoms with E-state index >= 15 is 19.2 Å². The fraction of sp³-hybridized carbons (Fsp3) is 0.462. The Morgan fingerprint density at radius 1 is 0.485 bits per heavy atom. The maximum Gasteiger partial charge on any atom is 0.325 e. The molecule has 2 amide bonds. The van der Waals surface area contributed by atoms with Crippen molar-refractivity contribution in [2.75, 3.05) is 23.8 Å². The van der Waals surface area contributed by atoms with E-state index < -0.39 is 59.8 Å². The van der Waals surface area contributed by atoms with Crippen molar-refractivity contribution in [3.8, 4) is 0 Å². The van der Waals surface area contributed by atoms with Crippen LogP contribution in [0.2, 0.25) is 20.1 Å². The molecule has 6 rings (SSSR count). The molecule has 4 aromatic carbocycles. The Morgan fingerprint density at radius 2 is 0.894 bits per heavy atom. The summed E-state index contributed by atoms with van der Waals surface area (Å²) in [6.45, 7) is 8.52. The van der Waals surface area contributed by atoms with E-state index in [0.29, 0.717) is 45.4 Å². The van der Waals surface area contributed by atoms with Gasteiger partial charge in [0.15, 0.2) is 0 Å². The number of carbonyl (C=O) groups is 4. The molecule has 0 bridgehead atoms. The topological polar surface area (TPSA) is 117 Å². The number of hydrazine groups is 1. The summed E-state index contributed by atoms with van der Waals surface area (Å²) in [4.78, 5) is 60.7. The van der Waals surface area contributed by atoms with Crippen molar-refractivity contribution in [3.63, 3.8) is 0 Å². The molecule has 10 nitrogen and oxygen atoms in total. The van der Waals surface area contributed by atoms with E-state index in [1.807, 2.05) is 62.4 Å². The van der Waals surface area contributed by atoms with E-state index in [2.05, 4.69) is 24.5 Å². The van der Waals surface area contributed by atoms with E-state index in [1.54, 1.807) is 40.3 Å².